The fourth-order valence-electron chi connectivity index (χ4n) is 3.90. The topological polar surface area (TPSA) is 136 Å². The summed E-state index contributed by atoms with van der Waals surface area (Å²) in [6.07, 6.45) is 2.02. The molecule has 2 aliphatic rings. The first-order valence-corrected chi connectivity index (χ1v) is 13.0. The van der Waals surface area contributed by atoms with Gasteiger partial charge in [0, 0.05) is 40.7 Å². The molecule has 8 nitrogen and oxygen atoms in total. The zero-order valence-corrected chi connectivity index (χ0v) is 21.4. The molecule has 0 fully saturated rings. The summed E-state index contributed by atoms with van der Waals surface area (Å²) in [4.78, 5) is 46.6. The highest BCUT2D eigenvalue weighted by Crippen LogP contribution is 2.45. The van der Waals surface area contributed by atoms with Gasteiger partial charge in [-0.1, -0.05) is 17.8 Å². The summed E-state index contributed by atoms with van der Waals surface area (Å²) in [5.41, 5.74) is 3.21. The van der Waals surface area contributed by atoms with Crippen molar-refractivity contribution in [3.05, 3.63) is 74.1 Å². The van der Waals surface area contributed by atoms with E-state index in [0.29, 0.717) is 33.8 Å². The summed E-state index contributed by atoms with van der Waals surface area (Å²) in [7, 11) is 0. The number of thioether (sulfide) groups is 1. The Balaban J connectivity index is 0.000000840. The van der Waals surface area contributed by atoms with Crippen LogP contribution in [0.2, 0.25) is 0 Å². The van der Waals surface area contributed by atoms with Crippen LogP contribution in [-0.2, 0) is 14.4 Å². The molecule has 186 valence electrons. The molecule has 1 atom stereocenters. The average Bonchev–Trinajstić information content (AvgIpc) is 3.36. The summed E-state index contributed by atoms with van der Waals surface area (Å²) in [6.45, 7) is 2.58. The van der Waals surface area contributed by atoms with E-state index in [4.69, 9.17) is 9.90 Å². The van der Waals surface area contributed by atoms with Crippen molar-refractivity contribution < 1.29 is 24.3 Å². The number of nitrogens with zero attached hydrogens (tertiary/aromatic N) is 1. The van der Waals surface area contributed by atoms with Crippen LogP contribution in [0.25, 0.3) is 0 Å². The predicted molar refractivity (Wildman–Crippen MR) is 140 cm³/mol. The Bertz CT molecular complexity index is 1270. The summed E-state index contributed by atoms with van der Waals surface area (Å²) < 4.78 is 0. The number of dihydropyridines is 1. The number of rotatable bonds is 6. The van der Waals surface area contributed by atoms with Gasteiger partial charge in [-0.25, -0.2) is 0 Å². The highest BCUT2D eigenvalue weighted by Gasteiger charge is 2.37. The van der Waals surface area contributed by atoms with Crippen molar-refractivity contribution in [2.45, 2.75) is 39.0 Å². The number of carboxylic acids is 1. The normalized spacial score (nSPS) is 16.7. The number of nitriles is 1. The Morgan fingerprint density at radius 2 is 1.89 bits per heavy atom. The van der Waals surface area contributed by atoms with E-state index in [2.05, 4.69) is 16.7 Å². The molecule has 2 aromatic rings. The molecule has 0 spiro atoms. The molecule has 0 saturated carbocycles. The lowest BCUT2D eigenvalue weighted by molar-refractivity contribution is -0.134. The number of nitrogens with one attached hydrogen (secondary N) is 2. The molecule has 10 heteroatoms. The number of carbonyl (C=O) groups is 4. The van der Waals surface area contributed by atoms with Crippen LogP contribution in [0.5, 0.6) is 0 Å². The number of allylic oxidation sites excluding steroid dienone is 3. The van der Waals surface area contributed by atoms with E-state index in [1.165, 1.54) is 30.0 Å². The van der Waals surface area contributed by atoms with Crippen molar-refractivity contribution in [2.24, 2.45) is 0 Å². The van der Waals surface area contributed by atoms with Crippen molar-refractivity contribution in [1.29, 1.82) is 5.26 Å². The van der Waals surface area contributed by atoms with Gasteiger partial charge >= 0.3 is 0 Å². The van der Waals surface area contributed by atoms with Crippen LogP contribution in [0.3, 0.4) is 0 Å². The minimum absolute atomic E-state index is 0.0343. The van der Waals surface area contributed by atoms with Gasteiger partial charge in [-0.3, -0.25) is 19.2 Å². The van der Waals surface area contributed by atoms with Crippen molar-refractivity contribution in [3.63, 3.8) is 0 Å². The van der Waals surface area contributed by atoms with Gasteiger partial charge in [0.15, 0.2) is 11.6 Å². The Labute approximate surface area is 217 Å². The van der Waals surface area contributed by atoms with Crippen LogP contribution < -0.4 is 10.6 Å². The standard InChI is InChI=1S/C24H21N3O3S2.C2H4O2/c1-14(28)15-7-9-16(10-8-15)26-21(30)13-32-24-17(12-25)22(20-6-3-11-31-20)23-18(27-24)4-2-5-19(23)29;1-2(3)4/h3,6-11,22,27H,2,4-5,13H2,1H3,(H,26,30);1H3,(H,3,4). The molecule has 1 unspecified atom stereocenters. The molecule has 1 amide bonds. The first kappa shape index (κ1) is 26.9. The highest BCUT2D eigenvalue weighted by atomic mass is 32.2. The second-order valence-electron chi connectivity index (χ2n) is 8.09. The summed E-state index contributed by atoms with van der Waals surface area (Å²) in [5.74, 6) is -1.28. The van der Waals surface area contributed by atoms with Crippen LogP contribution in [-0.4, -0.2) is 34.3 Å². The lowest BCUT2D eigenvalue weighted by Crippen LogP contribution is -2.31. The number of aliphatic carboxylic acids is 1. The molecule has 1 aromatic heterocycles. The number of carboxylic acid groups (broad SMARTS) is 1. The largest absolute Gasteiger partial charge is 0.481 e. The molecule has 0 bridgehead atoms. The van der Waals surface area contributed by atoms with Crippen LogP contribution in [0.15, 0.2) is 63.7 Å². The monoisotopic (exact) mass is 523 g/mol. The van der Waals surface area contributed by atoms with Crippen LogP contribution >= 0.6 is 23.1 Å². The molecule has 1 aliphatic heterocycles. The molecule has 0 radical (unpaired) electrons. The van der Waals surface area contributed by atoms with Gasteiger partial charge in [0.1, 0.15) is 0 Å². The number of hydrogen-bond acceptors (Lipinski definition) is 8. The maximum Gasteiger partial charge on any atom is 0.300 e. The third-order valence-electron chi connectivity index (χ3n) is 5.41. The van der Waals surface area contributed by atoms with E-state index in [1.54, 1.807) is 24.3 Å². The van der Waals surface area contributed by atoms with Gasteiger partial charge in [0.05, 0.1) is 28.3 Å². The third kappa shape index (κ3) is 6.71. The number of benzene rings is 1. The fraction of sp³-hybridized carbons (Fsp3) is 0.269. The first-order chi connectivity index (χ1) is 17.2. The molecule has 1 aromatic carbocycles. The molecule has 3 N–H and O–H groups in total. The smallest absolute Gasteiger partial charge is 0.300 e. The van der Waals surface area contributed by atoms with Crippen LogP contribution in [0.4, 0.5) is 5.69 Å². The van der Waals surface area contributed by atoms with Gasteiger partial charge in [0.2, 0.25) is 5.91 Å². The average molecular weight is 524 g/mol. The van der Waals surface area contributed by atoms with Crippen LogP contribution in [0, 0.1) is 11.3 Å². The molecular formula is C26H25N3O5S2. The molecule has 4 rings (SSSR count). The number of ketones is 2. The van der Waals surface area contributed by atoms with Gasteiger partial charge < -0.3 is 15.7 Å². The number of thiophene rings is 1. The minimum Gasteiger partial charge on any atom is -0.481 e. The van der Waals surface area contributed by atoms with Crippen LogP contribution in [0.1, 0.15) is 54.3 Å². The Morgan fingerprint density at radius 1 is 1.19 bits per heavy atom. The van der Waals surface area contributed by atoms with Crippen molar-refractivity contribution >= 4 is 52.2 Å². The maximum absolute atomic E-state index is 12.7. The minimum atomic E-state index is -0.833. The SMILES string of the molecule is CC(=O)O.CC(=O)c1ccc(NC(=O)CSC2=C(C#N)C(c3cccs3)C3=C(CCCC3=O)N2)cc1. The number of hydrogen-bond donors (Lipinski definition) is 3. The first-order valence-electron chi connectivity index (χ1n) is 11.1. The van der Waals surface area contributed by atoms with E-state index in [1.807, 2.05) is 17.5 Å². The van der Waals surface area contributed by atoms with E-state index in [0.717, 1.165) is 30.3 Å². The molecular weight excluding hydrogens is 498 g/mol. The van der Waals surface area contributed by atoms with Gasteiger partial charge in [-0.15, -0.1) is 11.3 Å². The highest BCUT2D eigenvalue weighted by molar-refractivity contribution is 8.03. The molecule has 36 heavy (non-hydrogen) atoms. The lowest BCUT2D eigenvalue weighted by atomic mass is 9.79. The Kier molecular flexibility index (Phi) is 9.22. The lowest BCUT2D eigenvalue weighted by Gasteiger charge is -2.32. The fourth-order valence-corrected chi connectivity index (χ4v) is 5.61. The number of Topliss-reactive ketones (excluding diaryl/α,β-unsaturated/α-hetero) is 2. The van der Waals surface area contributed by atoms with E-state index in [9.17, 15) is 19.6 Å². The quantitative estimate of drug-likeness (QED) is 0.458. The Morgan fingerprint density at radius 3 is 2.47 bits per heavy atom. The second kappa shape index (κ2) is 12.3. The number of carbonyl (C=O) groups excluding carboxylic acids is 3. The van der Waals surface area contributed by atoms with Gasteiger partial charge in [-0.2, -0.15) is 5.26 Å². The van der Waals surface area contributed by atoms with Crippen molar-refractivity contribution in [3.8, 4) is 6.07 Å². The predicted octanol–water partition coefficient (Wildman–Crippen LogP) is 4.84. The molecule has 1 aliphatic carbocycles. The van der Waals surface area contributed by atoms with E-state index >= 15 is 0 Å². The summed E-state index contributed by atoms with van der Waals surface area (Å²) in [6, 6.07) is 12.9. The molecule has 0 saturated heterocycles. The zero-order chi connectivity index (χ0) is 26.2. The van der Waals surface area contributed by atoms with E-state index < -0.39 is 5.97 Å². The maximum atomic E-state index is 12.7. The molecule has 2 heterocycles. The van der Waals surface area contributed by atoms with Crippen molar-refractivity contribution in [1.82, 2.24) is 5.32 Å². The van der Waals surface area contributed by atoms with Gasteiger partial charge in [-0.05, 0) is 55.5 Å². The second-order valence-corrected chi connectivity index (χ2v) is 10.1. The van der Waals surface area contributed by atoms with Gasteiger partial charge in [0.25, 0.3) is 5.97 Å². The van der Waals surface area contributed by atoms with E-state index in [-0.39, 0.29) is 29.1 Å². The number of anilines is 1. The summed E-state index contributed by atoms with van der Waals surface area (Å²) in [5, 5.41) is 26.0. The Hall–Kier alpha value is -3.68. The third-order valence-corrected chi connectivity index (χ3v) is 7.37. The zero-order valence-electron chi connectivity index (χ0n) is 19.8. The van der Waals surface area contributed by atoms with Crippen molar-refractivity contribution in [2.75, 3.05) is 11.1 Å². The number of amides is 1. The summed E-state index contributed by atoms with van der Waals surface area (Å²) >= 11 is 2.79.